The van der Waals surface area contributed by atoms with E-state index in [4.69, 9.17) is 9.47 Å². The summed E-state index contributed by atoms with van der Waals surface area (Å²) in [6.45, 7) is 11.3. The van der Waals surface area contributed by atoms with E-state index < -0.39 is 22.4 Å². The van der Waals surface area contributed by atoms with Crippen molar-refractivity contribution < 1.29 is 29.9 Å². The highest BCUT2D eigenvalue weighted by molar-refractivity contribution is 6.24. The van der Waals surface area contributed by atoms with Crippen LogP contribution in [0.2, 0.25) is 0 Å². The number of fused-ring (bicyclic) bond motifs is 1. The van der Waals surface area contributed by atoms with E-state index in [1.807, 2.05) is 236 Å². The predicted molar refractivity (Wildman–Crippen MR) is 350 cm³/mol. The van der Waals surface area contributed by atoms with Gasteiger partial charge in [0.1, 0.15) is 11.5 Å². The second-order valence-corrected chi connectivity index (χ2v) is 22.2. The van der Waals surface area contributed by atoms with Crippen LogP contribution >= 0.6 is 0 Å². The molecule has 84 heavy (non-hydrogen) atoms. The molecule has 0 amide bonds. The zero-order valence-electron chi connectivity index (χ0n) is 49.8. The van der Waals surface area contributed by atoms with Crippen molar-refractivity contribution in [3.05, 3.63) is 311 Å². The summed E-state index contributed by atoms with van der Waals surface area (Å²) in [6, 6.07) is 88.8. The Morgan fingerprint density at radius 3 is 0.940 bits per heavy atom. The molecule has 4 unspecified atom stereocenters. The molecule has 12 aromatic carbocycles. The van der Waals surface area contributed by atoms with Crippen molar-refractivity contribution in [3.8, 4) is 11.5 Å². The van der Waals surface area contributed by atoms with Crippen molar-refractivity contribution in [3.63, 3.8) is 0 Å². The summed E-state index contributed by atoms with van der Waals surface area (Å²) < 4.78 is 10.8. The van der Waals surface area contributed by atoms with E-state index in [0.717, 1.165) is 56.0 Å². The highest BCUT2D eigenvalue weighted by Crippen LogP contribution is 2.40. The molecule has 0 heterocycles. The van der Waals surface area contributed by atoms with Gasteiger partial charge in [-0.3, -0.25) is 0 Å². The average molecular weight is 1110 g/mol. The number of benzene rings is 12. The lowest BCUT2D eigenvalue weighted by atomic mass is 9.85. The van der Waals surface area contributed by atoms with E-state index in [2.05, 4.69) is 72.8 Å². The molecule has 0 saturated carbocycles. The van der Waals surface area contributed by atoms with Crippen LogP contribution in [0.3, 0.4) is 0 Å². The molecule has 4 atom stereocenters. The topological polar surface area (TPSA) is 99.4 Å². The van der Waals surface area contributed by atoms with Crippen LogP contribution in [-0.2, 0) is 48.1 Å². The van der Waals surface area contributed by atoms with Gasteiger partial charge in [-0.25, -0.2) is 0 Å². The average Bonchev–Trinajstić information content (AvgIpc) is 1.01. The predicted octanol–water partition coefficient (Wildman–Crippen LogP) is 17.6. The monoisotopic (exact) mass is 1110 g/mol. The third-order valence-corrected chi connectivity index (χ3v) is 15.5. The van der Waals surface area contributed by atoms with E-state index in [9.17, 15) is 20.4 Å². The minimum atomic E-state index is -0.953. The van der Waals surface area contributed by atoms with E-state index >= 15 is 0 Å². The third-order valence-electron chi connectivity index (χ3n) is 15.5. The van der Waals surface area contributed by atoms with Gasteiger partial charge in [-0.1, -0.05) is 269 Å². The number of ether oxygens (including phenoxy) is 2. The van der Waals surface area contributed by atoms with Crippen LogP contribution in [0.15, 0.2) is 267 Å². The van der Waals surface area contributed by atoms with Crippen LogP contribution < -0.4 is 9.47 Å². The standard InChI is InChI=1S/2C24H26O2.C17H12O.C11H10O.C2H6/c2*1-23(25,17-19-9-5-3-6-10-19)21-13-15-22(16-14-21)24(2,26)18-20-11-7-4-8-12-20;1-18-15-10-13-6-2-4-11-8-9-12-5-3-7-14(15)17(12)16(11)13;1-12-11-8-4-6-9-5-2-3-7-10(9)11;1-2/h2*3-16,25-26H,17-18H2,1-2H3;2-10H,1H3;2-8H,1H3;1-2H3. The van der Waals surface area contributed by atoms with Crippen LogP contribution in [0.5, 0.6) is 11.5 Å². The molecule has 6 nitrogen and oxygen atoms in total. The van der Waals surface area contributed by atoms with Crippen molar-refractivity contribution in [1.82, 2.24) is 0 Å². The van der Waals surface area contributed by atoms with Gasteiger partial charge in [-0.2, -0.15) is 0 Å². The Morgan fingerprint density at radius 2 is 0.560 bits per heavy atom. The number of aliphatic hydroxyl groups is 4. The maximum Gasteiger partial charge on any atom is 0.127 e. The molecule has 4 N–H and O–H groups in total. The summed E-state index contributed by atoms with van der Waals surface area (Å²) in [6.07, 6.45) is 2.20. The molecule has 0 spiro atoms. The maximum absolute atomic E-state index is 10.9. The normalized spacial score (nSPS) is 13.8. The Balaban J connectivity index is 0.000000149. The molecule has 6 heteroatoms. The van der Waals surface area contributed by atoms with Gasteiger partial charge >= 0.3 is 0 Å². The minimum absolute atomic E-state index is 0.549. The zero-order valence-corrected chi connectivity index (χ0v) is 49.8. The number of rotatable bonds is 14. The van der Waals surface area contributed by atoms with E-state index in [-0.39, 0.29) is 0 Å². The first-order valence-electron chi connectivity index (χ1n) is 29.0. The Morgan fingerprint density at radius 1 is 0.274 bits per heavy atom. The molecule has 0 aliphatic rings. The molecule has 0 aliphatic carbocycles. The molecular formula is C78H80O6. The summed E-state index contributed by atoms with van der Waals surface area (Å²) in [5, 5.41) is 53.7. The lowest BCUT2D eigenvalue weighted by Crippen LogP contribution is -2.26. The molecule has 0 aliphatic heterocycles. The Labute approximate surface area is 497 Å². The lowest BCUT2D eigenvalue weighted by molar-refractivity contribution is 0.0535. The number of hydrogen-bond donors (Lipinski definition) is 4. The minimum Gasteiger partial charge on any atom is -0.496 e. The van der Waals surface area contributed by atoms with Crippen molar-refractivity contribution >= 4 is 43.1 Å². The summed E-state index contributed by atoms with van der Waals surface area (Å²) in [4.78, 5) is 0. The van der Waals surface area contributed by atoms with Crippen LogP contribution in [0.4, 0.5) is 0 Å². The van der Waals surface area contributed by atoms with Crippen LogP contribution in [-0.4, -0.2) is 34.6 Å². The molecule has 0 saturated heterocycles. The molecule has 12 rings (SSSR count). The van der Waals surface area contributed by atoms with E-state index in [1.54, 1.807) is 14.2 Å². The van der Waals surface area contributed by atoms with Crippen molar-refractivity contribution in [2.45, 2.75) is 89.6 Å². The molecule has 0 fully saturated rings. The van der Waals surface area contributed by atoms with Gasteiger partial charge < -0.3 is 29.9 Å². The third kappa shape index (κ3) is 15.5. The maximum atomic E-state index is 10.9. The first kappa shape index (κ1) is 61.5. The Bertz CT molecular complexity index is 3620. The zero-order chi connectivity index (χ0) is 59.7. The fourth-order valence-corrected chi connectivity index (χ4v) is 11.0. The quantitative estimate of drug-likeness (QED) is 0.0810. The van der Waals surface area contributed by atoms with Gasteiger partial charge in [0.15, 0.2) is 0 Å². The Hall–Kier alpha value is -8.62. The highest BCUT2D eigenvalue weighted by Gasteiger charge is 2.29. The molecular weight excluding hydrogens is 1030 g/mol. The van der Waals surface area contributed by atoms with Gasteiger partial charge in [0.25, 0.3) is 0 Å². The number of methoxy groups -OCH3 is 2. The van der Waals surface area contributed by atoms with Crippen molar-refractivity contribution in [2.75, 3.05) is 14.2 Å². The molecule has 428 valence electrons. The van der Waals surface area contributed by atoms with Crippen molar-refractivity contribution in [1.29, 1.82) is 0 Å². The lowest BCUT2D eigenvalue weighted by Gasteiger charge is -2.27. The first-order chi connectivity index (χ1) is 40.5. The first-order valence-corrected chi connectivity index (χ1v) is 29.0. The Kier molecular flexibility index (Phi) is 20.6. The smallest absolute Gasteiger partial charge is 0.127 e. The largest absolute Gasteiger partial charge is 0.496 e. The van der Waals surface area contributed by atoms with Crippen LogP contribution in [0, 0.1) is 0 Å². The van der Waals surface area contributed by atoms with Gasteiger partial charge in [-0.05, 0) is 111 Å². The molecule has 0 radical (unpaired) electrons. The second kappa shape index (κ2) is 28.1. The van der Waals surface area contributed by atoms with Crippen molar-refractivity contribution in [2.24, 2.45) is 0 Å². The fraction of sp³-hybridized carbons (Fsp3) is 0.205. The van der Waals surface area contributed by atoms with E-state index in [1.165, 1.54) is 43.1 Å². The highest BCUT2D eigenvalue weighted by atomic mass is 16.5. The SMILES string of the molecule is CC.CC(O)(Cc1ccccc1)c1ccc(C(C)(O)Cc2ccccc2)cc1.CC(O)(Cc1ccccc1)c1ccc(C(C)(O)Cc2ccccc2)cc1.COc1cc2cccc3ccc4cccc1c4c32.COc1cccc2ccccc12. The van der Waals surface area contributed by atoms with Crippen LogP contribution in [0.1, 0.15) is 86.1 Å². The van der Waals surface area contributed by atoms with Gasteiger partial charge in [-0.15, -0.1) is 0 Å². The summed E-state index contributed by atoms with van der Waals surface area (Å²) in [7, 11) is 3.43. The molecule has 12 aromatic rings. The fourth-order valence-electron chi connectivity index (χ4n) is 11.0. The van der Waals surface area contributed by atoms with Gasteiger partial charge in [0.2, 0.25) is 0 Å². The molecule has 0 bridgehead atoms. The van der Waals surface area contributed by atoms with E-state index in [0.29, 0.717) is 25.7 Å². The summed E-state index contributed by atoms with van der Waals surface area (Å²) >= 11 is 0. The van der Waals surface area contributed by atoms with Gasteiger partial charge in [0, 0.05) is 41.8 Å². The summed E-state index contributed by atoms with van der Waals surface area (Å²) in [5.41, 5.74) is 3.96. The van der Waals surface area contributed by atoms with Crippen LogP contribution in [0.25, 0.3) is 43.1 Å². The summed E-state index contributed by atoms with van der Waals surface area (Å²) in [5.74, 6) is 1.89. The second-order valence-electron chi connectivity index (χ2n) is 22.2. The van der Waals surface area contributed by atoms with Gasteiger partial charge in [0.05, 0.1) is 36.6 Å². The number of hydrogen-bond acceptors (Lipinski definition) is 6. The molecule has 0 aromatic heterocycles.